The van der Waals surface area contributed by atoms with Gasteiger partial charge in [-0.1, -0.05) is 41.9 Å². The number of anilines is 2. The summed E-state index contributed by atoms with van der Waals surface area (Å²) in [6, 6.07) is 13.4. The van der Waals surface area contributed by atoms with Crippen LogP contribution in [0.15, 0.2) is 48.7 Å². The summed E-state index contributed by atoms with van der Waals surface area (Å²) >= 11 is 6.90. The number of hydrogen-bond donors (Lipinski definition) is 2. The van der Waals surface area contributed by atoms with Gasteiger partial charge in [-0.2, -0.15) is 0 Å². The fraction of sp³-hybridized carbons (Fsp3) is 0.250. The van der Waals surface area contributed by atoms with E-state index in [1.165, 1.54) is 16.5 Å². The Labute approximate surface area is 185 Å². The lowest BCUT2D eigenvalue weighted by Gasteiger charge is -2.17. The van der Waals surface area contributed by atoms with Crippen LogP contribution in [0.1, 0.15) is 33.8 Å². The molecule has 2 aliphatic rings. The fourth-order valence-corrected chi connectivity index (χ4v) is 5.16. The zero-order valence-electron chi connectivity index (χ0n) is 17.2. The van der Waals surface area contributed by atoms with Crippen LogP contribution >= 0.6 is 11.6 Å². The van der Waals surface area contributed by atoms with E-state index in [9.17, 15) is 4.79 Å². The van der Waals surface area contributed by atoms with Gasteiger partial charge in [-0.05, 0) is 30.0 Å². The number of amides is 1. The van der Waals surface area contributed by atoms with E-state index in [0.29, 0.717) is 16.5 Å². The molecule has 7 heteroatoms. The Morgan fingerprint density at radius 2 is 1.97 bits per heavy atom. The number of nitrogens with zero attached hydrogens (tertiary/aromatic N) is 2. The van der Waals surface area contributed by atoms with Crippen molar-refractivity contribution in [3.05, 3.63) is 76.2 Å². The third-order valence-corrected chi connectivity index (χ3v) is 6.84. The van der Waals surface area contributed by atoms with Crippen LogP contribution in [0, 0.1) is 5.82 Å². The third-order valence-electron chi connectivity index (χ3n) is 6.45. The van der Waals surface area contributed by atoms with E-state index in [1.807, 2.05) is 18.2 Å². The third kappa shape index (κ3) is 2.89. The molecule has 31 heavy (non-hydrogen) atoms. The van der Waals surface area contributed by atoms with Gasteiger partial charge in [0.1, 0.15) is 11.6 Å². The zero-order chi connectivity index (χ0) is 21.9. The lowest BCUT2D eigenvalue weighted by molar-refractivity contribution is 0.0824. The molecule has 5 nitrogen and oxygen atoms in total. The topological polar surface area (TPSA) is 71.2 Å². The highest BCUT2D eigenvalue weighted by Gasteiger charge is 2.60. The van der Waals surface area contributed by atoms with Crippen molar-refractivity contribution < 1.29 is 9.18 Å². The molecule has 1 spiro atoms. The molecule has 1 aliphatic carbocycles. The minimum atomic E-state index is -0.683. The largest absolute Gasteiger partial charge is 0.398 e. The standard InChI is InChI=1S/C24H22ClFN4O/c1-30(2)23(31)18-17(27)9-8-14(21(18)26)15-11-28-22-19(20(15)25)24(12-29-22)10-16(24)13-6-4-3-5-7-13/h3-9,11,16H,10,12,27H2,1-2H3,(H,28,29)/t16-,24-/m0/s1. The van der Waals surface area contributed by atoms with Gasteiger partial charge in [0.25, 0.3) is 5.91 Å². The van der Waals surface area contributed by atoms with Crippen LogP contribution in [-0.4, -0.2) is 36.4 Å². The van der Waals surface area contributed by atoms with E-state index >= 15 is 4.39 Å². The molecule has 1 aromatic heterocycles. The summed E-state index contributed by atoms with van der Waals surface area (Å²) in [4.78, 5) is 18.3. The van der Waals surface area contributed by atoms with E-state index in [4.69, 9.17) is 17.3 Å². The molecule has 5 rings (SSSR count). The second-order valence-corrected chi connectivity index (χ2v) is 8.86. The van der Waals surface area contributed by atoms with Crippen molar-refractivity contribution in [3.8, 4) is 11.1 Å². The van der Waals surface area contributed by atoms with Crippen molar-refractivity contribution in [2.75, 3.05) is 31.7 Å². The number of carbonyl (C=O) groups is 1. The van der Waals surface area contributed by atoms with Gasteiger partial charge >= 0.3 is 0 Å². The lowest BCUT2D eigenvalue weighted by atomic mass is 9.91. The Hall–Kier alpha value is -3.12. The highest BCUT2D eigenvalue weighted by Crippen LogP contribution is 2.66. The van der Waals surface area contributed by atoms with Gasteiger partial charge in [-0.15, -0.1) is 0 Å². The van der Waals surface area contributed by atoms with Gasteiger partial charge in [-0.25, -0.2) is 9.37 Å². The maximum atomic E-state index is 15.5. The van der Waals surface area contributed by atoms with Crippen LogP contribution in [0.5, 0.6) is 0 Å². The van der Waals surface area contributed by atoms with Crippen LogP contribution < -0.4 is 11.1 Å². The minimum absolute atomic E-state index is 0.0923. The Morgan fingerprint density at radius 1 is 1.23 bits per heavy atom. The molecule has 1 amide bonds. The summed E-state index contributed by atoms with van der Waals surface area (Å²) in [5.74, 6) is -0.101. The molecule has 1 aliphatic heterocycles. The van der Waals surface area contributed by atoms with E-state index in [0.717, 1.165) is 24.3 Å². The Bertz CT molecular complexity index is 1210. The summed E-state index contributed by atoms with van der Waals surface area (Å²) < 4.78 is 15.5. The number of halogens is 2. The highest BCUT2D eigenvalue weighted by atomic mass is 35.5. The lowest BCUT2D eigenvalue weighted by Crippen LogP contribution is -2.24. The number of nitrogens with one attached hydrogen (secondary N) is 1. The van der Waals surface area contributed by atoms with Crippen LogP contribution in [0.3, 0.4) is 0 Å². The number of carbonyl (C=O) groups excluding carboxylic acids is 1. The van der Waals surface area contributed by atoms with Crippen LogP contribution in [0.25, 0.3) is 11.1 Å². The molecule has 2 aromatic carbocycles. The molecule has 0 bridgehead atoms. The summed E-state index contributed by atoms with van der Waals surface area (Å²) in [7, 11) is 3.12. The molecule has 3 N–H and O–H groups in total. The van der Waals surface area contributed by atoms with E-state index in [2.05, 4.69) is 22.4 Å². The second-order valence-electron chi connectivity index (χ2n) is 8.48. The number of pyridine rings is 1. The van der Waals surface area contributed by atoms with E-state index in [1.54, 1.807) is 26.4 Å². The molecule has 2 atom stereocenters. The summed E-state index contributed by atoms with van der Waals surface area (Å²) in [6.45, 7) is 0.743. The molecule has 3 aromatic rings. The van der Waals surface area contributed by atoms with Crippen LogP contribution in [-0.2, 0) is 5.41 Å². The summed E-state index contributed by atoms with van der Waals surface area (Å²) in [6.07, 6.45) is 2.52. The summed E-state index contributed by atoms with van der Waals surface area (Å²) in [5.41, 5.74) is 8.59. The molecule has 0 saturated heterocycles. The smallest absolute Gasteiger partial charge is 0.258 e. The van der Waals surface area contributed by atoms with Crippen molar-refractivity contribution >= 4 is 29.0 Å². The predicted octanol–water partition coefficient (Wildman–Crippen LogP) is 4.68. The molecule has 1 saturated carbocycles. The van der Waals surface area contributed by atoms with E-state index < -0.39 is 11.7 Å². The minimum Gasteiger partial charge on any atom is -0.398 e. The highest BCUT2D eigenvalue weighted by molar-refractivity contribution is 6.34. The molecular weight excluding hydrogens is 415 g/mol. The van der Waals surface area contributed by atoms with Gasteiger partial charge in [-0.3, -0.25) is 4.79 Å². The first-order chi connectivity index (χ1) is 14.8. The quantitative estimate of drug-likeness (QED) is 0.585. The van der Waals surface area contributed by atoms with Gasteiger partial charge in [0, 0.05) is 54.6 Å². The Kier molecular flexibility index (Phi) is 4.45. The monoisotopic (exact) mass is 436 g/mol. The zero-order valence-corrected chi connectivity index (χ0v) is 18.0. The number of nitrogen functional groups attached to an aromatic ring is 1. The van der Waals surface area contributed by atoms with Gasteiger partial charge in [0.15, 0.2) is 0 Å². The van der Waals surface area contributed by atoms with Crippen molar-refractivity contribution in [2.24, 2.45) is 0 Å². The normalized spacial score (nSPS) is 21.0. The maximum absolute atomic E-state index is 15.5. The predicted molar refractivity (Wildman–Crippen MR) is 121 cm³/mol. The van der Waals surface area contributed by atoms with Crippen LogP contribution in [0.2, 0.25) is 5.02 Å². The average molecular weight is 437 g/mol. The number of benzene rings is 2. The average Bonchev–Trinajstić information content (AvgIpc) is 3.36. The Morgan fingerprint density at radius 3 is 2.68 bits per heavy atom. The van der Waals surface area contributed by atoms with Gasteiger partial charge in [0.2, 0.25) is 0 Å². The molecular formula is C24H22ClFN4O. The first kappa shape index (κ1) is 19.8. The van der Waals surface area contributed by atoms with E-state index in [-0.39, 0.29) is 22.2 Å². The number of aromatic nitrogens is 1. The Balaban J connectivity index is 1.62. The molecule has 2 heterocycles. The van der Waals surface area contributed by atoms with Gasteiger partial charge < -0.3 is 16.0 Å². The molecule has 0 unspecified atom stereocenters. The van der Waals surface area contributed by atoms with Crippen molar-refractivity contribution in [2.45, 2.75) is 17.8 Å². The fourth-order valence-electron chi connectivity index (χ4n) is 4.73. The molecule has 0 radical (unpaired) electrons. The second kappa shape index (κ2) is 6.95. The number of nitrogens with two attached hydrogens (primary N) is 1. The molecule has 1 fully saturated rings. The first-order valence-electron chi connectivity index (χ1n) is 10.1. The van der Waals surface area contributed by atoms with Crippen molar-refractivity contribution in [1.82, 2.24) is 9.88 Å². The number of rotatable bonds is 3. The van der Waals surface area contributed by atoms with Crippen molar-refractivity contribution in [3.63, 3.8) is 0 Å². The maximum Gasteiger partial charge on any atom is 0.258 e. The number of fused-ring (bicyclic) bond motifs is 2. The summed E-state index contributed by atoms with van der Waals surface area (Å²) in [5, 5.41) is 3.84. The first-order valence-corrected chi connectivity index (χ1v) is 10.5. The number of hydrogen-bond acceptors (Lipinski definition) is 4. The molecule has 158 valence electrons. The van der Waals surface area contributed by atoms with Gasteiger partial charge in [0.05, 0.1) is 10.6 Å². The van der Waals surface area contributed by atoms with Crippen LogP contribution in [0.4, 0.5) is 15.9 Å². The van der Waals surface area contributed by atoms with Crippen molar-refractivity contribution in [1.29, 1.82) is 0 Å². The SMILES string of the molecule is CN(C)C(=O)c1c(N)ccc(-c2cnc3c(c2Cl)[C@]2(CN3)C[C@H]2c2ccccc2)c1F.